The molecule has 1 unspecified atom stereocenters. The van der Waals surface area contributed by atoms with Crippen LogP contribution in [0.2, 0.25) is 0 Å². The largest absolute Gasteiger partial charge is 0.472 e. The monoisotopic (exact) mass is 288 g/mol. The average Bonchev–Trinajstić information content (AvgIpc) is 2.47. The predicted molar refractivity (Wildman–Crippen MR) is 85.7 cm³/mol. The first-order valence-corrected chi connectivity index (χ1v) is 7.49. The molecule has 0 saturated carbocycles. The molecule has 1 atom stereocenters. The lowest BCUT2D eigenvalue weighted by Crippen LogP contribution is -2.19. The average molecular weight is 288 g/mol. The fourth-order valence-corrected chi connectivity index (χ4v) is 2.30. The summed E-state index contributed by atoms with van der Waals surface area (Å²) in [4.78, 5) is 4.58. The Kier molecular flexibility index (Phi) is 5.96. The van der Waals surface area contributed by atoms with Crippen molar-refractivity contribution >= 4 is 10.9 Å². The zero-order chi connectivity index (χ0) is 15.1. The van der Waals surface area contributed by atoms with Gasteiger partial charge in [0.15, 0.2) is 0 Å². The minimum atomic E-state index is -0.0138. The van der Waals surface area contributed by atoms with Crippen LogP contribution >= 0.6 is 0 Å². The van der Waals surface area contributed by atoms with E-state index in [2.05, 4.69) is 23.3 Å². The first-order valence-electron chi connectivity index (χ1n) is 7.49. The van der Waals surface area contributed by atoms with E-state index >= 15 is 0 Å². The van der Waals surface area contributed by atoms with Crippen LogP contribution in [0.15, 0.2) is 30.3 Å². The fourth-order valence-electron chi connectivity index (χ4n) is 2.30. The Balaban J connectivity index is 2.25. The van der Waals surface area contributed by atoms with Crippen LogP contribution < -0.4 is 10.1 Å². The Morgan fingerprint density at radius 1 is 1.29 bits per heavy atom. The highest BCUT2D eigenvalue weighted by Gasteiger charge is 2.09. The summed E-state index contributed by atoms with van der Waals surface area (Å²) in [6.45, 7) is 6.53. The van der Waals surface area contributed by atoms with Crippen molar-refractivity contribution in [2.75, 3.05) is 20.3 Å². The molecule has 0 radical (unpaired) electrons. The smallest absolute Gasteiger partial charge is 0.214 e. The van der Waals surface area contributed by atoms with Crippen LogP contribution in [0.5, 0.6) is 5.88 Å². The second-order valence-electron chi connectivity index (χ2n) is 5.20. The fraction of sp³-hybridized carbons (Fsp3) is 0.471. The van der Waals surface area contributed by atoms with E-state index in [0.717, 1.165) is 25.0 Å². The topological polar surface area (TPSA) is 43.4 Å². The molecule has 114 valence electrons. The molecular weight excluding hydrogens is 264 g/mol. The van der Waals surface area contributed by atoms with E-state index < -0.39 is 0 Å². The number of hydrogen-bond acceptors (Lipinski definition) is 4. The summed E-state index contributed by atoms with van der Waals surface area (Å²) in [5, 5.41) is 4.62. The van der Waals surface area contributed by atoms with Crippen LogP contribution in [0.4, 0.5) is 0 Å². The predicted octanol–water partition coefficient (Wildman–Crippen LogP) is 3.15. The normalized spacial score (nSPS) is 12.5. The van der Waals surface area contributed by atoms with Crippen molar-refractivity contribution in [1.29, 1.82) is 0 Å². The number of methoxy groups -OCH3 is 1. The number of benzene rings is 1. The number of para-hydroxylation sites is 1. The Morgan fingerprint density at radius 3 is 2.86 bits per heavy atom. The molecule has 0 aliphatic rings. The van der Waals surface area contributed by atoms with Crippen molar-refractivity contribution in [1.82, 2.24) is 10.3 Å². The summed E-state index contributed by atoms with van der Waals surface area (Å²) in [7, 11) is 1.67. The minimum Gasteiger partial charge on any atom is -0.472 e. The van der Waals surface area contributed by atoms with Gasteiger partial charge < -0.3 is 14.8 Å². The third kappa shape index (κ3) is 4.41. The molecule has 2 aromatic rings. The third-order valence-corrected chi connectivity index (χ3v) is 3.24. The first-order chi connectivity index (χ1) is 10.2. The minimum absolute atomic E-state index is 0.0138. The summed E-state index contributed by atoms with van der Waals surface area (Å²) < 4.78 is 11.0. The number of fused-ring (bicyclic) bond motifs is 1. The Hall–Kier alpha value is -1.65. The Labute approximate surface area is 126 Å². The molecule has 4 nitrogen and oxygen atoms in total. The van der Waals surface area contributed by atoms with E-state index in [1.807, 2.05) is 31.2 Å². The lowest BCUT2D eigenvalue weighted by molar-refractivity contribution is 0.0891. The van der Waals surface area contributed by atoms with Gasteiger partial charge in [-0.2, -0.15) is 0 Å². The molecule has 0 fully saturated rings. The molecule has 1 aromatic carbocycles. The van der Waals surface area contributed by atoms with Crippen LogP contribution in [0.25, 0.3) is 10.9 Å². The number of hydrogen-bond donors (Lipinski definition) is 1. The maximum atomic E-state index is 5.85. The summed E-state index contributed by atoms with van der Waals surface area (Å²) in [6, 6.07) is 10.2. The Bertz CT molecular complexity index is 572. The molecular formula is C17H24N2O2. The van der Waals surface area contributed by atoms with E-state index in [4.69, 9.17) is 9.47 Å². The maximum Gasteiger partial charge on any atom is 0.214 e. The van der Waals surface area contributed by atoms with Crippen molar-refractivity contribution in [3.05, 3.63) is 35.9 Å². The highest BCUT2D eigenvalue weighted by atomic mass is 16.5. The van der Waals surface area contributed by atoms with Crippen LogP contribution in [0.3, 0.4) is 0 Å². The van der Waals surface area contributed by atoms with Crippen LogP contribution in [-0.2, 0) is 11.3 Å². The zero-order valence-electron chi connectivity index (χ0n) is 13.1. The highest BCUT2D eigenvalue weighted by molar-refractivity contribution is 5.82. The molecule has 4 heteroatoms. The van der Waals surface area contributed by atoms with Gasteiger partial charge in [-0.25, -0.2) is 4.98 Å². The highest BCUT2D eigenvalue weighted by Crippen LogP contribution is 2.22. The summed E-state index contributed by atoms with van der Waals surface area (Å²) in [6.07, 6.45) is 1.11. The third-order valence-electron chi connectivity index (χ3n) is 3.24. The van der Waals surface area contributed by atoms with Crippen molar-refractivity contribution in [2.45, 2.75) is 32.9 Å². The summed E-state index contributed by atoms with van der Waals surface area (Å²) in [5.74, 6) is 0.659. The van der Waals surface area contributed by atoms with Gasteiger partial charge in [0.25, 0.3) is 0 Å². The van der Waals surface area contributed by atoms with Crippen LogP contribution in [0.1, 0.15) is 25.8 Å². The zero-order valence-corrected chi connectivity index (χ0v) is 13.1. The van der Waals surface area contributed by atoms with Gasteiger partial charge in [-0.05, 0) is 31.5 Å². The molecule has 21 heavy (non-hydrogen) atoms. The standard InChI is InChI=1S/C17H24N2O2/c1-4-9-18-11-14-10-17(21-13(2)12-20-3)19-16-8-6-5-7-15(14)16/h5-8,10,13,18H,4,9,11-12H2,1-3H3. The number of ether oxygens (including phenoxy) is 2. The SMILES string of the molecule is CCCNCc1cc(OC(C)COC)nc2ccccc12. The number of pyridine rings is 1. The quantitative estimate of drug-likeness (QED) is 0.758. The molecule has 0 aliphatic carbocycles. The van der Waals surface area contributed by atoms with Gasteiger partial charge in [0.2, 0.25) is 5.88 Å². The van der Waals surface area contributed by atoms with Gasteiger partial charge >= 0.3 is 0 Å². The molecule has 0 spiro atoms. The van der Waals surface area contributed by atoms with Gasteiger partial charge in [-0.3, -0.25) is 0 Å². The molecule has 0 amide bonds. The van der Waals surface area contributed by atoms with Crippen LogP contribution in [0, 0.1) is 0 Å². The van der Waals surface area contributed by atoms with E-state index in [-0.39, 0.29) is 6.10 Å². The van der Waals surface area contributed by atoms with Crippen molar-refractivity contribution < 1.29 is 9.47 Å². The van der Waals surface area contributed by atoms with E-state index in [1.54, 1.807) is 7.11 Å². The van der Waals surface area contributed by atoms with Crippen LogP contribution in [-0.4, -0.2) is 31.3 Å². The van der Waals surface area contributed by atoms with Crippen molar-refractivity contribution in [3.8, 4) is 5.88 Å². The molecule has 1 heterocycles. The van der Waals surface area contributed by atoms with E-state index in [1.165, 1.54) is 10.9 Å². The Morgan fingerprint density at radius 2 is 2.10 bits per heavy atom. The molecule has 1 N–H and O–H groups in total. The number of aromatic nitrogens is 1. The van der Waals surface area contributed by atoms with Gasteiger partial charge in [0.1, 0.15) is 6.10 Å². The summed E-state index contributed by atoms with van der Waals surface area (Å²) >= 11 is 0. The molecule has 0 saturated heterocycles. The molecule has 0 bridgehead atoms. The number of nitrogens with zero attached hydrogens (tertiary/aromatic N) is 1. The van der Waals surface area contributed by atoms with Gasteiger partial charge in [0.05, 0.1) is 12.1 Å². The van der Waals surface area contributed by atoms with E-state index in [9.17, 15) is 0 Å². The first kappa shape index (κ1) is 15.7. The van der Waals surface area contributed by atoms with Crippen molar-refractivity contribution in [2.24, 2.45) is 0 Å². The number of nitrogens with one attached hydrogen (secondary N) is 1. The van der Waals surface area contributed by atoms with E-state index in [0.29, 0.717) is 12.5 Å². The molecule has 1 aromatic heterocycles. The van der Waals surface area contributed by atoms with Gasteiger partial charge in [-0.1, -0.05) is 25.1 Å². The molecule has 2 rings (SSSR count). The van der Waals surface area contributed by atoms with Gasteiger partial charge in [0, 0.05) is 25.1 Å². The molecule has 0 aliphatic heterocycles. The second kappa shape index (κ2) is 7.96. The lowest BCUT2D eigenvalue weighted by Gasteiger charge is -2.15. The second-order valence-corrected chi connectivity index (χ2v) is 5.20. The number of rotatable bonds is 8. The maximum absolute atomic E-state index is 5.85. The lowest BCUT2D eigenvalue weighted by atomic mass is 10.1. The van der Waals surface area contributed by atoms with Crippen molar-refractivity contribution in [3.63, 3.8) is 0 Å². The summed E-state index contributed by atoms with van der Waals surface area (Å²) in [5.41, 5.74) is 2.18. The van der Waals surface area contributed by atoms with Gasteiger partial charge in [-0.15, -0.1) is 0 Å².